The van der Waals surface area contributed by atoms with E-state index in [1.54, 1.807) is 17.4 Å². The van der Waals surface area contributed by atoms with Crippen LogP contribution in [-0.2, 0) is 11.2 Å². The van der Waals surface area contributed by atoms with Gasteiger partial charge in [-0.05, 0) is 0 Å². The van der Waals surface area contributed by atoms with Crippen LogP contribution in [0.25, 0.3) is 0 Å². The molecule has 1 aromatic heterocycles. The van der Waals surface area contributed by atoms with Crippen LogP contribution in [0.4, 0.5) is 4.79 Å². The third-order valence-corrected chi connectivity index (χ3v) is 2.52. The fourth-order valence-corrected chi connectivity index (χ4v) is 1.60. The maximum atomic E-state index is 11.7. The Morgan fingerprint density at radius 1 is 1.56 bits per heavy atom. The van der Waals surface area contributed by atoms with Crippen molar-refractivity contribution in [1.29, 1.82) is 0 Å². The number of imidazole rings is 1. The summed E-state index contributed by atoms with van der Waals surface area (Å²) in [7, 11) is 0. The molecule has 6 nitrogen and oxygen atoms in total. The minimum Gasteiger partial charge on any atom is -0.378 e. The van der Waals surface area contributed by atoms with Gasteiger partial charge in [0.25, 0.3) is 0 Å². The smallest absolute Gasteiger partial charge is 0.317 e. The molecule has 2 amide bonds. The van der Waals surface area contributed by atoms with Gasteiger partial charge in [0.15, 0.2) is 0 Å². The zero-order valence-electron chi connectivity index (χ0n) is 9.11. The summed E-state index contributed by atoms with van der Waals surface area (Å²) in [6, 6.07) is -0.0113. The van der Waals surface area contributed by atoms with Gasteiger partial charge in [0.05, 0.1) is 19.5 Å². The standard InChI is InChI=1S/C10H16N4O2/c15-10(14-3-5-16-6-4-14)12-2-1-9-7-11-8-13-9/h7-8H,1-6H2,(H,11,13)(H,12,15). The van der Waals surface area contributed by atoms with E-state index in [0.717, 1.165) is 12.1 Å². The highest BCUT2D eigenvalue weighted by molar-refractivity contribution is 5.74. The number of aromatic amines is 1. The number of H-pyrrole nitrogens is 1. The Balaban J connectivity index is 1.67. The van der Waals surface area contributed by atoms with Crippen molar-refractivity contribution < 1.29 is 9.53 Å². The van der Waals surface area contributed by atoms with E-state index in [1.165, 1.54) is 0 Å². The molecule has 1 aliphatic rings. The van der Waals surface area contributed by atoms with Crippen LogP contribution < -0.4 is 5.32 Å². The second kappa shape index (κ2) is 5.50. The number of nitrogens with zero attached hydrogens (tertiary/aromatic N) is 2. The Kier molecular flexibility index (Phi) is 3.76. The van der Waals surface area contributed by atoms with Crippen molar-refractivity contribution in [3.8, 4) is 0 Å². The van der Waals surface area contributed by atoms with E-state index in [-0.39, 0.29) is 6.03 Å². The SMILES string of the molecule is O=C(NCCc1cnc[nH]1)N1CCOCC1. The van der Waals surface area contributed by atoms with Gasteiger partial charge >= 0.3 is 6.03 Å². The second-order valence-electron chi connectivity index (χ2n) is 3.66. The van der Waals surface area contributed by atoms with E-state index in [4.69, 9.17) is 4.74 Å². The molecule has 88 valence electrons. The van der Waals surface area contributed by atoms with Gasteiger partial charge in [0.1, 0.15) is 0 Å². The Morgan fingerprint density at radius 3 is 3.06 bits per heavy atom. The fourth-order valence-electron chi connectivity index (χ4n) is 1.60. The molecule has 2 heterocycles. The van der Waals surface area contributed by atoms with Crippen molar-refractivity contribution in [2.45, 2.75) is 6.42 Å². The lowest BCUT2D eigenvalue weighted by Crippen LogP contribution is -2.46. The van der Waals surface area contributed by atoms with Crippen LogP contribution in [0.3, 0.4) is 0 Å². The minimum atomic E-state index is -0.0113. The summed E-state index contributed by atoms with van der Waals surface area (Å²) in [6.45, 7) is 3.24. The number of carbonyl (C=O) groups is 1. The highest BCUT2D eigenvalue weighted by Gasteiger charge is 2.15. The van der Waals surface area contributed by atoms with E-state index in [2.05, 4.69) is 15.3 Å². The van der Waals surface area contributed by atoms with Gasteiger partial charge in [-0.3, -0.25) is 0 Å². The first-order chi connectivity index (χ1) is 7.86. The summed E-state index contributed by atoms with van der Waals surface area (Å²) in [6.07, 6.45) is 4.18. The van der Waals surface area contributed by atoms with Crippen LogP contribution in [0, 0.1) is 0 Å². The van der Waals surface area contributed by atoms with Crippen molar-refractivity contribution in [3.05, 3.63) is 18.2 Å². The predicted octanol–water partition coefficient (Wildman–Crippen LogP) is -0.00600. The molecule has 6 heteroatoms. The average molecular weight is 224 g/mol. The number of morpholine rings is 1. The monoisotopic (exact) mass is 224 g/mol. The van der Waals surface area contributed by atoms with Crippen LogP contribution in [0.2, 0.25) is 0 Å². The topological polar surface area (TPSA) is 70.2 Å². The second-order valence-corrected chi connectivity index (χ2v) is 3.66. The van der Waals surface area contributed by atoms with E-state index in [0.29, 0.717) is 32.8 Å². The number of ether oxygens (including phenoxy) is 1. The highest BCUT2D eigenvalue weighted by Crippen LogP contribution is 1.97. The number of urea groups is 1. The molecule has 0 radical (unpaired) electrons. The third-order valence-electron chi connectivity index (χ3n) is 2.52. The molecule has 0 aliphatic carbocycles. The largest absolute Gasteiger partial charge is 0.378 e. The van der Waals surface area contributed by atoms with Crippen LogP contribution in [0.1, 0.15) is 5.69 Å². The molecule has 1 saturated heterocycles. The number of rotatable bonds is 3. The van der Waals surface area contributed by atoms with Gasteiger partial charge in [-0.15, -0.1) is 0 Å². The molecule has 0 aromatic carbocycles. The van der Waals surface area contributed by atoms with Crippen molar-refractivity contribution in [2.75, 3.05) is 32.8 Å². The molecule has 0 unspecified atom stereocenters. The Labute approximate surface area is 94.0 Å². The summed E-state index contributed by atoms with van der Waals surface area (Å²) in [4.78, 5) is 20.3. The van der Waals surface area contributed by atoms with E-state index < -0.39 is 0 Å². The van der Waals surface area contributed by atoms with Gasteiger partial charge in [-0.25, -0.2) is 9.78 Å². The molecule has 1 aliphatic heterocycles. The highest BCUT2D eigenvalue weighted by atomic mass is 16.5. The Morgan fingerprint density at radius 2 is 2.38 bits per heavy atom. The van der Waals surface area contributed by atoms with Gasteiger partial charge < -0.3 is 19.9 Å². The zero-order valence-corrected chi connectivity index (χ0v) is 9.11. The summed E-state index contributed by atoms with van der Waals surface area (Å²) >= 11 is 0. The first-order valence-electron chi connectivity index (χ1n) is 5.44. The Hall–Kier alpha value is -1.56. The van der Waals surface area contributed by atoms with Crippen molar-refractivity contribution in [3.63, 3.8) is 0 Å². The Bertz CT molecular complexity index is 320. The van der Waals surface area contributed by atoms with E-state index in [9.17, 15) is 4.79 Å². The number of aromatic nitrogens is 2. The van der Waals surface area contributed by atoms with Crippen molar-refractivity contribution in [1.82, 2.24) is 20.2 Å². The average Bonchev–Trinajstić information content (AvgIpc) is 2.83. The van der Waals surface area contributed by atoms with E-state index >= 15 is 0 Å². The van der Waals surface area contributed by atoms with Gasteiger partial charge in [-0.2, -0.15) is 0 Å². The van der Waals surface area contributed by atoms with Crippen molar-refractivity contribution >= 4 is 6.03 Å². The normalized spacial score (nSPS) is 16.1. The third kappa shape index (κ3) is 2.96. The summed E-state index contributed by atoms with van der Waals surface area (Å²) in [5.74, 6) is 0. The molecule has 0 saturated carbocycles. The molecule has 0 atom stereocenters. The first kappa shape index (κ1) is 10.9. The van der Waals surface area contributed by atoms with Crippen molar-refractivity contribution in [2.24, 2.45) is 0 Å². The van der Waals surface area contributed by atoms with Crippen LogP contribution in [-0.4, -0.2) is 53.7 Å². The molecule has 16 heavy (non-hydrogen) atoms. The maximum absolute atomic E-state index is 11.7. The number of nitrogens with one attached hydrogen (secondary N) is 2. The molecule has 2 N–H and O–H groups in total. The predicted molar refractivity (Wildman–Crippen MR) is 58.1 cm³/mol. The zero-order chi connectivity index (χ0) is 11.2. The molecular formula is C10H16N4O2. The lowest BCUT2D eigenvalue weighted by molar-refractivity contribution is 0.0533. The van der Waals surface area contributed by atoms with Gasteiger partial charge in [0.2, 0.25) is 0 Å². The number of carbonyl (C=O) groups excluding carboxylic acids is 1. The quantitative estimate of drug-likeness (QED) is 0.759. The lowest BCUT2D eigenvalue weighted by atomic mass is 10.3. The minimum absolute atomic E-state index is 0.0113. The lowest BCUT2D eigenvalue weighted by Gasteiger charge is -2.26. The number of amides is 2. The van der Waals surface area contributed by atoms with Crippen LogP contribution in [0.5, 0.6) is 0 Å². The van der Waals surface area contributed by atoms with E-state index in [1.807, 2.05) is 0 Å². The molecular weight excluding hydrogens is 208 g/mol. The molecule has 2 rings (SSSR count). The molecule has 1 aromatic rings. The summed E-state index contributed by atoms with van der Waals surface area (Å²) in [5.41, 5.74) is 1.03. The van der Waals surface area contributed by atoms with Gasteiger partial charge in [-0.1, -0.05) is 0 Å². The molecule has 0 bridgehead atoms. The number of hydrogen-bond acceptors (Lipinski definition) is 3. The molecule has 1 fully saturated rings. The van der Waals surface area contributed by atoms with Crippen LogP contribution in [0.15, 0.2) is 12.5 Å². The molecule has 0 spiro atoms. The fraction of sp³-hybridized carbons (Fsp3) is 0.600. The summed E-state index contributed by atoms with van der Waals surface area (Å²) in [5, 5.41) is 2.87. The van der Waals surface area contributed by atoms with Gasteiger partial charge in [0, 0.05) is 37.9 Å². The van der Waals surface area contributed by atoms with Crippen LogP contribution >= 0.6 is 0 Å². The first-order valence-corrected chi connectivity index (χ1v) is 5.44. The summed E-state index contributed by atoms with van der Waals surface area (Å²) < 4.78 is 5.18. The number of hydrogen-bond donors (Lipinski definition) is 2. The maximum Gasteiger partial charge on any atom is 0.317 e.